The molecule has 0 radical (unpaired) electrons. The summed E-state index contributed by atoms with van der Waals surface area (Å²) in [6, 6.07) is 17.2. The molecule has 140 valence electrons. The first-order chi connectivity index (χ1) is 12.6. The molecular weight excluding hydrogens is 322 g/mol. The molecule has 26 heavy (non-hydrogen) atoms. The number of hydrogen-bond donors (Lipinski definition) is 2. The van der Waals surface area contributed by atoms with Crippen molar-refractivity contribution in [3.05, 3.63) is 71.3 Å². The summed E-state index contributed by atoms with van der Waals surface area (Å²) in [6.07, 6.45) is 5.88. The largest absolute Gasteiger partial charge is 0.388 e. The van der Waals surface area contributed by atoms with Gasteiger partial charge < -0.3 is 10.4 Å². The van der Waals surface area contributed by atoms with Gasteiger partial charge in [0.25, 0.3) is 5.91 Å². The molecule has 0 aliphatic heterocycles. The van der Waals surface area contributed by atoms with Gasteiger partial charge in [-0.25, -0.2) is 0 Å². The second kappa shape index (κ2) is 10.8. The number of carbonyl (C=O) groups is 1. The Morgan fingerprint density at radius 3 is 2.35 bits per heavy atom. The van der Waals surface area contributed by atoms with Crippen LogP contribution in [-0.2, 0) is 0 Å². The van der Waals surface area contributed by atoms with Crippen molar-refractivity contribution >= 4 is 5.91 Å². The molecule has 0 unspecified atom stereocenters. The van der Waals surface area contributed by atoms with Crippen molar-refractivity contribution in [2.45, 2.75) is 64.5 Å². The summed E-state index contributed by atoms with van der Waals surface area (Å²) in [5, 5.41) is 13.6. The Labute approximate surface area is 157 Å². The van der Waals surface area contributed by atoms with Gasteiger partial charge in [-0.3, -0.25) is 4.79 Å². The summed E-state index contributed by atoms with van der Waals surface area (Å²) in [5.41, 5.74) is 2.35. The van der Waals surface area contributed by atoms with E-state index in [4.69, 9.17) is 0 Å². The SMILES string of the molecule is CCCCCCC[C@H](O)c1ccccc1C(=O)N[C@@H](C)c1ccccc1. The van der Waals surface area contributed by atoms with Crippen LogP contribution < -0.4 is 5.32 Å². The van der Waals surface area contributed by atoms with Gasteiger partial charge in [-0.05, 0) is 30.5 Å². The zero-order valence-electron chi connectivity index (χ0n) is 15.9. The smallest absolute Gasteiger partial charge is 0.252 e. The Balaban J connectivity index is 1.99. The average molecular weight is 354 g/mol. The minimum absolute atomic E-state index is 0.0806. The van der Waals surface area contributed by atoms with E-state index in [9.17, 15) is 9.90 Å². The van der Waals surface area contributed by atoms with E-state index in [0.29, 0.717) is 12.0 Å². The standard InChI is InChI=1S/C23H31NO2/c1-3-4-5-6-10-17-22(25)20-15-11-12-16-21(20)23(26)24-18(2)19-13-8-7-9-14-19/h7-9,11-16,18,22,25H,3-6,10,17H2,1-2H3,(H,24,26)/t18-,22-/m0/s1. The average Bonchev–Trinajstić information content (AvgIpc) is 2.68. The molecule has 0 fully saturated rings. The van der Waals surface area contributed by atoms with Crippen LogP contribution in [0, 0.1) is 0 Å². The molecule has 2 aromatic rings. The molecule has 0 heterocycles. The molecular formula is C23H31NO2. The van der Waals surface area contributed by atoms with Gasteiger partial charge in [0.2, 0.25) is 0 Å². The normalized spacial score (nSPS) is 13.2. The summed E-state index contributed by atoms with van der Waals surface area (Å²) in [7, 11) is 0. The van der Waals surface area contributed by atoms with Gasteiger partial charge in [-0.2, -0.15) is 0 Å². The van der Waals surface area contributed by atoms with Gasteiger partial charge in [0, 0.05) is 5.56 Å². The zero-order chi connectivity index (χ0) is 18.8. The molecule has 0 aliphatic carbocycles. The van der Waals surface area contributed by atoms with Crippen molar-refractivity contribution in [1.29, 1.82) is 0 Å². The maximum absolute atomic E-state index is 12.7. The quantitative estimate of drug-likeness (QED) is 0.548. The van der Waals surface area contributed by atoms with Gasteiger partial charge in [-0.15, -0.1) is 0 Å². The lowest BCUT2D eigenvalue weighted by Crippen LogP contribution is -2.28. The number of aliphatic hydroxyl groups excluding tert-OH is 1. The van der Waals surface area contributed by atoms with Crippen LogP contribution >= 0.6 is 0 Å². The fourth-order valence-electron chi connectivity index (χ4n) is 3.19. The van der Waals surface area contributed by atoms with Crippen LogP contribution in [0.3, 0.4) is 0 Å². The molecule has 1 amide bonds. The monoisotopic (exact) mass is 353 g/mol. The van der Waals surface area contributed by atoms with E-state index in [1.54, 1.807) is 6.07 Å². The molecule has 2 rings (SSSR count). The topological polar surface area (TPSA) is 49.3 Å². The number of nitrogens with one attached hydrogen (secondary N) is 1. The van der Waals surface area contributed by atoms with E-state index < -0.39 is 6.10 Å². The highest BCUT2D eigenvalue weighted by atomic mass is 16.3. The minimum Gasteiger partial charge on any atom is -0.388 e. The van der Waals surface area contributed by atoms with Gasteiger partial charge >= 0.3 is 0 Å². The molecule has 2 atom stereocenters. The summed E-state index contributed by atoms with van der Waals surface area (Å²) in [4.78, 5) is 12.7. The lowest BCUT2D eigenvalue weighted by molar-refractivity contribution is 0.0930. The van der Waals surface area contributed by atoms with Crippen molar-refractivity contribution in [2.24, 2.45) is 0 Å². The Bertz CT molecular complexity index is 669. The second-order valence-electron chi connectivity index (χ2n) is 6.91. The summed E-state index contributed by atoms with van der Waals surface area (Å²) < 4.78 is 0. The number of aliphatic hydroxyl groups is 1. The molecule has 2 aromatic carbocycles. The Morgan fingerprint density at radius 2 is 1.62 bits per heavy atom. The fraction of sp³-hybridized carbons (Fsp3) is 0.435. The first-order valence-electron chi connectivity index (χ1n) is 9.76. The van der Waals surface area contributed by atoms with Crippen LogP contribution in [0.15, 0.2) is 54.6 Å². The van der Waals surface area contributed by atoms with E-state index in [1.807, 2.05) is 55.5 Å². The maximum atomic E-state index is 12.7. The van der Waals surface area contributed by atoms with Crippen molar-refractivity contribution in [3.63, 3.8) is 0 Å². The Kier molecular flexibility index (Phi) is 8.36. The van der Waals surface area contributed by atoms with Crippen LogP contribution in [0.25, 0.3) is 0 Å². The van der Waals surface area contributed by atoms with E-state index in [2.05, 4.69) is 12.2 Å². The molecule has 0 bridgehead atoms. The third-order valence-electron chi connectivity index (χ3n) is 4.79. The van der Waals surface area contributed by atoms with Crippen molar-refractivity contribution < 1.29 is 9.90 Å². The summed E-state index contributed by atoms with van der Waals surface area (Å²) in [5.74, 6) is -0.137. The van der Waals surface area contributed by atoms with E-state index >= 15 is 0 Å². The molecule has 0 saturated carbocycles. The van der Waals surface area contributed by atoms with E-state index in [-0.39, 0.29) is 11.9 Å². The molecule has 0 aromatic heterocycles. The van der Waals surface area contributed by atoms with Crippen LogP contribution in [0.5, 0.6) is 0 Å². The summed E-state index contributed by atoms with van der Waals surface area (Å²) >= 11 is 0. The minimum atomic E-state index is -0.592. The number of amides is 1. The number of carbonyl (C=O) groups excluding carboxylic acids is 1. The van der Waals surface area contributed by atoms with Crippen molar-refractivity contribution in [1.82, 2.24) is 5.32 Å². The van der Waals surface area contributed by atoms with Crippen molar-refractivity contribution in [2.75, 3.05) is 0 Å². The van der Waals surface area contributed by atoms with Crippen LogP contribution in [-0.4, -0.2) is 11.0 Å². The Hall–Kier alpha value is -2.13. The lowest BCUT2D eigenvalue weighted by atomic mass is 9.97. The third-order valence-corrected chi connectivity index (χ3v) is 4.79. The number of unbranched alkanes of at least 4 members (excludes halogenated alkanes) is 4. The first kappa shape index (κ1) is 20.2. The van der Waals surface area contributed by atoms with Gasteiger partial charge in [-0.1, -0.05) is 87.6 Å². The van der Waals surface area contributed by atoms with Crippen LogP contribution in [0.4, 0.5) is 0 Å². The van der Waals surface area contributed by atoms with Gasteiger partial charge in [0.1, 0.15) is 0 Å². The highest BCUT2D eigenvalue weighted by molar-refractivity contribution is 5.96. The van der Waals surface area contributed by atoms with E-state index in [1.165, 1.54) is 19.3 Å². The summed E-state index contributed by atoms with van der Waals surface area (Å²) in [6.45, 7) is 4.17. The molecule has 3 heteroatoms. The van der Waals surface area contributed by atoms with Crippen molar-refractivity contribution in [3.8, 4) is 0 Å². The highest BCUT2D eigenvalue weighted by Gasteiger charge is 2.18. The molecule has 0 saturated heterocycles. The third kappa shape index (κ3) is 5.99. The molecule has 2 N–H and O–H groups in total. The van der Waals surface area contributed by atoms with Crippen LogP contribution in [0.2, 0.25) is 0 Å². The zero-order valence-corrected chi connectivity index (χ0v) is 15.9. The van der Waals surface area contributed by atoms with Gasteiger partial charge in [0.15, 0.2) is 0 Å². The lowest BCUT2D eigenvalue weighted by Gasteiger charge is -2.18. The van der Waals surface area contributed by atoms with E-state index in [0.717, 1.165) is 24.0 Å². The first-order valence-corrected chi connectivity index (χ1v) is 9.76. The maximum Gasteiger partial charge on any atom is 0.252 e. The number of rotatable bonds is 10. The van der Waals surface area contributed by atoms with Gasteiger partial charge in [0.05, 0.1) is 12.1 Å². The molecule has 0 spiro atoms. The predicted molar refractivity (Wildman–Crippen MR) is 107 cm³/mol. The Morgan fingerprint density at radius 1 is 0.962 bits per heavy atom. The molecule has 3 nitrogen and oxygen atoms in total. The molecule has 0 aliphatic rings. The number of hydrogen-bond acceptors (Lipinski definition) is 2. The number of benzene rings is 2. The predicted octanol–water partition coefficient (Wildman–Crippen LogP) is 5.57. The van der Waals surface area contributed by atoms with Crippen LogP contribution in [0.1, 0.15) is 86.0 Å². The highest BCUT2D eigenvalue weighted by Crippen LogP contribution is 2.24. The second-order valence-corrected chi connectivity index (χ2v) is 6.91. The fourth-order valence-corrected chi connectivity index (χ4v) is 3.19.